The smallest absolute Gasteiger partial charge is 0.303 e. The van der Waals surface area contributed by atoms with E-state index in [1.165, 1.54) is 12.8 Å². The first kappa shape index (κ1) is 11.5. The van der Waals surface area contributed by atoms with Crippen LogP contribution in [0.2, 0.25) is 0 Å². The molecule has 0 spiro atoms. The molecule has 82 valence electrons. The van der Waals surface area contributed by atoms with Gasteiger partial charge in [0.05, 0.1) is 0 Å². The highest BCUT2D eigenvalue weighted by atomic mass is 16.4. The summed E-state index contributed by atoms with van der Waals surface area (Å²) in [5, 5.41) is 8.69. The molecule has 14 heavy (non-hydrogen) atoms. The fraction of sp³-hybridized carbons (Fsp3) is 0.917. The Hall–Kier alpha value is -0.530. The third kappa shape index (κ3) is 3.32. The Bertz CT molecular complexity index is 195. The van der Waals surface area contributed by atoms with E-state index in [1.54, 1.807) is 0 Å². The minimum atomic E-state index is -0.635. The summed E-state index contributed by atoms with van der Waals surface area (Å²) in [4.78, 5) is 10.5. The van der Waals surface area contributed by atoms with E-state index in [4.69, 9.17) is 5.11 Å². The van der Waals surface area contributed by atoms with E-state index in [0.29, 0.717) is 17.8 Å². The maximum atomic E-state index is 10.5. The van der Waals surface area contributed by atoms with Gasteiger partial charge in [-0.1, -0.05) is 20.8 Å². The van der Waals surface area contributed by atoms with Crippen molar-refractivity contribution >= 4 is 5.97 Å². The Balaban J connectivity index is 2.35. The first-order valence-corrected chi connectivity index (χ1v) is 5.61. The van der Waals surface area contributed by atoms with Crippen LogP contribution in [0.4, 0.5) is 0 Å². The normalized spacial score (nSPS) is 28.8. The lowest BCUT2D eigenvalue weighted by atomic mass is 9.69. The minimum absolute atomic E-state index is 0.372. The van der Waals surface area contributed by atoms with E-state index < -0.39 is 5.97 Å². The maximum Gasteiger partial charge on any atom is 0.303 e. The summed E-state index contributed by atoms with van der Waals surface area (Å²) in [6, 6.07) is 0. The summed E-state index contributed by atoms with van der Waals surface area (Å²) in [5.41, 5.74) is 0.397. The number of hydrogen-bond donors (Lipinski definition) is 1. The molecule has 0 aromatic carbocycles. The molecule has 1 aliphatic carbocycles. The van der Waals surface area contributed by atoms with Crippen LogP contribution >= 0.6 is 0 Å². The fourth-order valence-corrected chi connectivity index (χ4v) is 2.48. The predicted octanol–water partition coefficient (Wildman–Crippen LogP) is 3.31. The van der Waals surface area contributed by atoms with Crippen molar-refractivity contribution in [3.8, 4) is 0 Å². The van der Waals surface area contributed by atoms with E-state index in [1.807, 2.05) is 0 Å². The molecule has 0 amide bonds. The molecule has 2 heteroatoms. The third-order valence-electron chi connectivity index (χ3n) is 3.53. The first-order valence-electron chi connectivity index (χ1n) is 5.61. The molecule has 1 aliphatic rings. The van der Waals surface area contributed by atoms with Crippen LogP contribution in [0.5, 0.6) is 0 Å². The zero-order chi connectivity index (χ0) is 10.8. The van der Waals surface area contributed by atoms with Crippen molar-refractivity contribution < 1.29 is 9.90 Å². The first-order chi connectivity index (χ1) is 6.39. The van der Waals surface area contributed by atoms with E-state index in [9.17, 15) is 4.79 Å². The monoisotopic (exact) mass is 198 g/mol. The van der Waals surface area contributed by atoms with Gasteiger partial charge < -0.3 is 5.11 Å². The molecule has 1 saturated carbocycles. The highest BCUT2D eigenvalue weighted by molar-refractivity contribution is 5.67. The van der Waals surface area contributed by atoms with Crippen molar-refractivity contribution in [3.05, 3.63) is 0 Å². The molecule has 1 N–H and O–H groups in total. The molecule has 0 bridgehead atoms. The topological polar surface area (TPSA) is 37.3 Å². The van der Waals surface area contributed by atoms with E-state index in [-0.39, 0.29) is 0 Å². The van der Waals surface area contributed by atoms with Crippen LogP contribution in [-0.2, 0) is 4.79 Å². The van der Waals surface area contributed by atoms with Crippen LogP contribution < -0.4 is 0 Å². The average molecular weight is 198 g/mol. The van der Waals surface area contributed by atoms with E-state index >= 15 is 0 Å². The van der Waals surface area contributed by atoms with Gasteiger partial charge in [0.15, 0.2) is 0 Å². The van der Waals surface area contributed by atoms with Gasteiger partial charge in [0, 0.05) is 6.42 Å². The molecular formula is C12H22O2. The van der Waals surface area contributed by atoms with Crippen molar-refractivity contribution in [2.75, 3.05) is 0 Å². The molecule has 1 fully saturated rings. The van der Waals surface area contributed by atoms with Gasteiger partial charge in [0.1, 0.15) is 0 Å². The number of hydrogen-bond acceptors (Lipinski definition) is 1. The van der Waals surface area contributed by atoms with Crippen molar-refractivity contribution in [1.29, 1.82) is 0 Å². The van der Waals surface area contributed by atoms with Gasteiger partial charge >= 0.3 is 5.97 Å². The zero-order valence-electron chi connectivity index (χ0n) is 9.55. The molecule has 0 aromatic rings. The van der Waals surface area contributed by atoms with Crippen LogP contribution in [0.15, 0.2) is 0 Å². The number of rotatable bonds is 2. The van der Waals surface area contributed by atoms with Crippen molar-refractivity contribution in [1.82, 2.24) is 0 Å². The summed E-state index contributed by atoms with van der Waals surface area (Å²) in [6.45, 7) is 6.86. The van der Waals surface area contributed by atoms with Crippen LogP contribution in [-0.4, -0.2) is 11.1 Å². The number of carboxylic acids is 1. The van der Waals surface area contributed by atoms with Crippen LogP contribution in [0.1, 0.15) is 52.9 Å². The van der Waals surface area contributed by atoms with E-state index in [0.717, 1.165) is 18.8 Å². The van der Waals surface area contributed by atoms with Gasteiger partial charge in [0.2, 0.25) is 0 Å². The minimum Gasteiger partial charge on any atom is -0.481 e. The Morgan fingerprint density at radius 1 is 1.21 bits per heavy atom. The Kier molecular flexibility index (Phi) is 3.57. The second-order valence-electron chi connectivity index (χ2n) is 5.68. The lowest BCUT2D eigenvalue weighted by Crippen LogP contribution is -2.26. The molecule has 0 unspecified atom stereocenters. The summed E-state index contributed by atoms with van der Waals surface area (Å²) < 4.78 is 0. The average Bonchev–Trinajstić information content (AvgIpc) is 2.02. The number of aliphatic carboxylic acids is 1. The number of carboxylic acid groups (broad SMARTS) is 1. The highest BCUT2D eigenvalue weighted by Gasteiger charge is 2.30. The zero-order valence-corrected chi connectivity index (χ0v) is 9.55. The van der Waals surface area contributed by atoms with Crippen LogP contribution in [0, 0.1) is 17.3 Å². The lowest BCUT2D eigenvalue weighted by Gasteiger charge is -2.36. The van der Waals surface area contributed by atoms with Crippen molar-refractivity contribution in [2.45, 2.75) is 52.9 Å². The molecule has 0 aromatic heterocycles. The molecule has 2 nitrogen and oxygen atoms in total. The molecule has 0 atom stereocenters. The Labute approximate surface area is 86.7 Å². The second kappa shape index (κ2) is 4.33. The largest absolute Gasteiger partial charge is 0.481 e. The maximum absolute atomic E-state index is 10.5. The second-order valence-corrected chi connectivity index (χ2v) is 5.68. The number of carbonyl (C=O) groups is 1. The van der Waals surface area contributed by atoms with Gasteiger partial charge in [0.25, 0.3) is 0 Å². The lowest BCUT2D eigenvalue weighted by molar-refractivity contribution is -0.138. The molecule has 0 heterocycles. The Morgan fingerprint density at radius 3 is 2.07 bits per heavy atom. The summed E-state index contributed by atoms with van der Waals surface area (Å²) >= 11 is 0. The Morgan fingerprint density at radius 2 is 1.71 bits per heavy atom. The van der Waals surface area contributed by atoms with Crippen LogP contribution in [0.25, 0.3) is 0 Å². The summed E-state index contributed by atoms with van der Waals surface area (Å²) in [6.07, 6.45) is 5.00. The predicted molar refractivity (Wildman–Crippen MR) is 57.2 cm³/mol. The molecule has 0 aliphatic heterocycles. The third-order valence-corrected chi connectivity index (χ3v) is 3.53. The summed E-state index contributed by atoms with van der Waals surface area (Å²) in [5.74, 6) is 0.586. The van der Waals surface area contributed by atoms with Gasteiger partial charge in [-0.15, -0.1) is 0 Å². The van der Waals surface area contributed by atoms with E-state index in [2.05, 4.69) is 20.8 Å². The van der Waals surface area contributed by atoms with Crippen molar-refractivity contribution in [2.24, 2.45) is 17.3 Å². The summed E-state index contributed by atoms with van der Waals surface area (Å²) in [7, 11) is 0. The molecule has 0 radical (unpaired) electrons. The standard InChI is InChI=1S/C12H22O2/c1-12(2,3)10-6-4-9(5-7-10)8-11(13)14/h9-10H,4-8H2,1-3H3,(H,13,14)/t9-,10-. The van der Waals surface area contributed by atoms with Gasteiger partial charge in [-0.3, -0.25) is 4.79 Å². The van der Waals surface area contributed by atoms with Crippen LogP contribution in [0.3, 0.4) is 0 Å². The van der Waals surface area contributed by atoms with Gasteiger partial charge in [-0.2, -0.15) is 0 Å². The SMILES string of the molecule is CC(C)(C)[C@H]1CC[C@H](CC(=O)O)CC1. The quantitative estimate of drug-likeness (QED) is 0.739. The highest BCUT2D eigenvalue weighted by Crippen LogP contribution is 2.40. The van der Waals surface area contributed by atoms with Crippen molar-refractivity contribution in [3.63, 3.8) is 0 Å². The molecular weight excluding hydrogens is 176 g/mol. The molecule has 1 rings (SSSR count). The van der Waals surface area contributed by atoms with Gasteiger partial charge in [-0.05, 0) is 42.9 Å². The fourth-order valence-electron chi connectivity index (χ4n) is 2.48. The molecule has 0 saturated heterocycles. The van der Waals surface area contributed by atoms with Gasteiger partial charge in [-0.25, -0.2) is 0 Å².